The van der Waals surface area contributed by atoms with Gasteiger partial charge in [0, 0.05) is 36.9 Å². The van der Waals surface area contributed by atoms with E-state index in [1.807, 2.05) is 50.2 Å². The van der Waals surface area contributed by atoms with E-state index in [4.69, 9.17) is 21.6 Å². The molecule has 1 aliphatic rings. The monoisotopic (exact) mass is 519 g/mol. The quantitative estimate of drug-likeness (QED) is 0.372. The van der Waals surface area contributed by atoms with Gasteiger partial charge in [0.2, 0.25) is 0 Å². The van der Waals surface area contributed by atoms with Gasteiger partial charge in [-0.25, -0.2) is 0 Å². The van der Waals surface area contributed by atoms with E-state index in [2.05, 4.69) is 53.1 Å². The van der Waals surface area contributed by atoms with Crippen LogP contribution in [0.4, 0.5) is 5.69 Å². The van der Waals surface area contributed by atoms with E-state index in [1.165, 1.54) is 16.8 Å². The Balaban J connectivity index is 0.00000186. The topological polar surface area (TPSA) is 59.7 Å². The summed E-state index contributed by atoms with van der Waals surface area (Å²) in [5.41, 5.74) is 5.53. The Morgan fingerprint density at radius 1 is 1.05 bits per heavy atom. The maximum atomic E-state index is 9.53. The molecule has 3 aromatic rings. The van der Waals surface area contributed by atoms with Crippen LogP contribution in [0, 0.1) is 18.3 Å². The van der Waals surface area contributed by atoms with Crippen molar-refractivity contribution in [3.8, 4) is 11.8 Å². The molecule has 196 valence electrons. The molecule has 1 N–H and O–H groups in total. The molecule has 1 heterocycles. The normalized spacial score (nSPS) is 16.4. The van der Waals surface area contributed by atoms with Crippen LogP contribution in [0.1, 0.15) is 49.1 Å². The number of anilines is 1. The third-order valence-electron chi connectivity index (χ3n) is 6.49. The lowest BCUT2D eigenvalue weighted by atomic mass is 9.99. The minimum Gasteiger partial charge on any atom is -0.491 e. The molecule has 0 bridgehead atoms. The van der Waals surface area contributed by atoms with Crippen LogP contribution in [0.25, 0.3) is 0 Å². The average molecular weight is 520 g/mol. The molecule has 1 unspecified atom stereocenters. The number of hydrogen-bond donors (Lipinski definition) is 1. The largest absolute Gasteiger partial charge is 0.491 e. The number of ether oxygens (including phenoxy) is 1. The Hall–Kier alpha value is -3.04. The van der Waals surface area contributed by atoms with Gasteiger partial charge in [0.25, 0.3) is 0 Å². The highest BCUT2D eigenvalue weighted by Gasteiger charge is 2.29. The summed E-state index contributed by atoms with van der Waals surface area (Å²) in [6.45, 7) is 11.9. The van der Waals surface area contributed by atoms with Gasteiger partial charge in [0.1, 0.15) is 12.4 Å². The Morgan fingerprint density at radius 2 is 1.76 bits per heavy atom. The van der Waals surface area contributed by atoms with Crippen molar-refractivity contribution in [3.63, 3.8) is 0 Å². The highest BCUT2D eigenvalue weighted by atomic mass is 35.5. The molecule has 0 aliphatic carbocycles. The van der Waals surface area contributed by atoms with Crippen molar-refractivity contribution in [1.82, 2.24) is 4.90 Å². The number of halogens is 1. The van der Waals surface area contributed by atoms with Crippen molar-refractivity contribution in [2.45, 2.75) is 46.3 Å². The van der Waals surface area contributed by atoms with Gasteiger partial charge in [-0.15, -0.1) is 0 Å². The average Bonchev–Trinajstić information content (AvgIpc) is 2.93. The molecule has 1 aliphatic heterocycles. The number of rotatable bonds is 8. The number of aryl methyl sites for hydroxylation is 1. The lowest BCUT2D eigenvalue weighted by Gasteiger charge is -2.44. The first-order chi connectivity index (χ1) is 17.9. The summed E-state index contributed by atoms with van der Waals surface area (Å²) in [7, 11) is 0. The zero-order valence-electron chi connectivity index (χ0n) is 22.3. The van der Waals surface area contributed by atoms with Crippen molar-refractivity contribution in [2.75, 3.05) is 37.7 Å². The Morgan fingerprint density at radius 3 is 2.38 bits per heavy atom. The standard InChI is InChI=1S/C29H32ClN3O2.C2H6/c1-21-17-27(35-20-22(2)34)11-12-28(21)33-16-15-32(14-13-23-3-5-24(18-31)6-4-23)19-29(33)25-7-9-26(30)10-8-25;1-2/h3-12,17,22,29,34H,13-16,19-20H2,1-2H3;1-2H3/t22?,29-;/m0./s1. The van der Waals surface area contributed by atoms with E-state index >= 15 is 0 Å². The minimum absolute atomic E-state index is 0.199. The van der Waals surface area contributed by atoms with Crippen LogP contribution in [0.15, 0.2) is 66.7 Å². The van der Waals surface area contributed by atoms with Gasteiger partial charge in [0.15, 0.2) is 0 Å². The summed E-state index contributed by atoms with van der Waals surface area (Å²) in [6, 6.07) is 24.6. The number of benzene rings is 3. The highest BCUT2D eigenvalue weighted by molar-refractivity contribution is 6.30. The Kier molecular flexibility index (Phi) is 10.8. The summed E-state index contributed by atoms with van der Waals surface area (Å²) in [5, 5.41) is 19.3. The fraction of sp³-hybridized carbons (Fsp3) is 0.387. The van der Waals surface area contributed by atoms with Crippen molar-refractivity contribution in [3.05, 3.63) is 94.0 Å². The van der Waals surface area contributed by atoms with Gasteiger partial charge in [-0.2, -0.15) is 5.26 Å². The second-order valence-corrected chi connectivity index (χ2v) is 9.66. The zero-order chi connectivity index (χ0) is 26.8. The van der Waals surface area contributed by atoms with Gasteiger partial charge < -0.3 is 14.7 Å². The van der Waals surface area contributed by atoms with E-state index in [-0.39, 0.29) is 12.6 Å². The molecule has 4 rings (SSSR count). The lowest BCUT2D eigenvalue weighted by Crippen LogP contribution is -2.49. The van der Waals surface area contributed by atoms with Crippen LogP contribution in [0.2, 0.25) is 5.02 Å². The van der Waals surface area contributed by atoms with E-state index in [0.29, 0.717) is 5.56 Å². The first kappa shape index (κ1) is 28.5. The summed E-state index contributed by atoms with van der Waals surface area (Å²) < 4.78 is 5.71. The first-order valence-electron chi connectivity index (χ1n) is 13.1. The maximum absolute atomic E-state index is 9.53. The van der Waals surface area contributed by atoms with Crippen molar-refractivity contribution >= 4 is 17.3 Å². The predicted octanol–water partition coefficient (Wildman–Crippen LogP) is 6.41. The third kappa shape index (κ3) is 7.97. The summed E-state index contributed by atoms with van der Waals surface area (Å²) >= 11 is 6.19. The second-order valence-electron chi connectivity index (χ2n) is 9.23. The van der Waals surface area contributed by atoms with E-state index < -0.39 is 6.10 Å². The van der Waals surface area contributed by atoms with Gasteiger partial charge >= 0.3 is 0 Å². The maximum Gasteiger partial charge on any atom is 0.119 e. The second kappa shape index (κ2) is 14.0. The lowest BCUT2D eigenvalue weighted by molar-refractivity contribution is 0.122. The highest BCUT2D eigenvalue weighted by Crippen LogP contribution is 2.35. The van der Waals surface area contributed by atoms with Crippen LogP contribution >= 0.6 is 11.6 Å². The molecule has 0 radical (unpaired) electrons. The number of nitriles is 1. The van der Waals surface area contributed by atoms with Crippen LogP contribution < -0.4 is 9.64 Å². The van der Waals surface area contributed by atoms with Gasteiger partial charge in [0.05, 0.1) is 23.8 Å². The number of aliphatic hydroxyl groups excluding tert-OH is 1. The predicted molar refractivity (Wildman–Crippen MR) is 153 cm³/mol. The molecule has 1 fully saturated rings. The molecule has 0 saturated carbocycles. The fourth-order valence-corrected chi connectivity index (χ4v) is 4.72. The first-order valence-corrected chi connectivity index (χ1v) is 13.5. The number of aliphatic hydroxyl groups is 1. The van der Waals surface area contributed by atoms with Gasteiger partial charge in [-0.05, 0) is 79.4 Å². The third-order valence-corrected chi connectivity index (χ3v) is 6.74. The van der Waals surface area contributed by atoms with E-state index in [9.17, 15) is 5.11 Å². The van der Waals surface area contributed by atoms with E-state index in [0.717, 1.165) is 48.9 Å². The van der Waals surface area contributed by atoms with Crippen molar-refractivity contribution in [1.29, 1.82) is 5.26 Å². The molecule has 37 heavy (non-hydrogen) atoms. The molecule has 0 amide bonds. The summed E-state index contributed by atoms with van der Waals surface area (Å²) in [4.78, 5) is 5.00. The molecule has 2 atom stereocenters. The van der Waals surface area contributed by atoms with Crippen LogP contribution in [0.3, 0.4) is 0 Å². The SMILES string of the molecule is CC.Cc1cc(OCC(C)O)ccc1N1CCN(CCc2ccc(C#N)cc2)C[C@H]1c1ccc(Cl)cc1. The number of nitrogens with zero attached hydrogens (tertiary/aromatic N) is 3. The van der Waals surface area contributed by atoms with Crippen molar-refractivity contribution in [2.24, 2.45) is 0 Å². The molecule has 0 spiro atoms. The van der Waals surface area contributed by atoms with Crippen LogP contribution in [-0.2, 0) is 6.42 Å². The number of piperazine rings is 1. The molecular formula is C31H38ClN3O2. The van der Waals surface area contributed by atoms with Gasteiger partial charge in [-0.1, -0.05) is 49.7 Å². The van der Waals surface area contributed by atoms with Crippen molar-refractivity contribution < 1.29 is 9.84 Å². The molecule has 0 aromatic heterocycles. The van der Waals surface area contributed by atoms with Crippen LogP contribution in [0.5, 0.6) is 5.75 Å². The Labute approximate surface area is 226 Å². The molecule has 3 aromatic carbocycles. The smallest absolute Gasteiger partial charge is 0.119 e. The summed E-state index contributed by atoms with van der Waals surface area (Å²) in [5.74, 6) is 0.774. The van der Waals surface area contributed by atoms with Gasteiger partial charge in [-0.3, -0.25) is 4.90 Å². The Bertz CT molecular complexity index is 1160. The fourth-order valence-electron chi connectivity index (χ4n) is 4.59. The summed E-state index contributed by atoms with van der Waals surface area (Å²) in [6.07, 6.45) is 0.453. The molecule has 1 saturated heterocycles. The zero-order valence-corrected chi connectivity index (χ0v) is 23.1. The van der Waals surface area contributed by atoms with Crippen LogP contribution in [-0.4, -0.2) is 48.9 Å². The van der Waals surface area contributed by atoms with E-state index in [1.54, 1.807) is 6.92 Å². The number of hydrogen-bond acceptors (Lipinski definition) is 5. The molecular weight excluding hydrogens is 482 g/mol. The minimum atomic E-state index is -0.498. The molecule has 6 heteroatoms. The molecule has 5 nitrogen and oxygen atoms in total.